The number of nitrogens with two attached hydrogens (primary N) is 1. The fraction of sp³-hybridized carbons (Fsp3) is 0.429. The molecule has 0 saturated heterocycles. The lowest BCUT2D eigenvalue weighted by atomic mass is 9.90. The maximum atomic E-state index is 15.3. The first-order valence-corrected chi connectivity index (χ1v) is 9.79. The number of rotatable bonds is 3. The van der Waals surface area contributed by atoms with Gasteiger partial charge in [0.15, 0.2) is 0 Å². The van der Waals surface area contributed by atoms with Gasteiger partial charge in [-0.3, -0.25) is 4.79 Å². The summed E-state index contributed by atoms with van der Waals surface area (Å²) in [6, 6.07) is 3.11. The number of benzene rings is 1. The van der Waals surface area contributed by atoms with E-state index in [0.29, 0.717) is 22.4 Å². The molecule has 1 fully saturated rings. The summed E-state index contributed by atoms with van der Waals surface area (Å²) in [4.78, 5) is 18.2. The van der Waals surface area contributed by atoms with Crippen LogP contribution in [0.5, 0.6) is 0 Å². The number of fused-ring (bicyclic) bond motifs is 2. The topological polar surface area (TPSA) is 71.2 Å². The molecule has 1 aromatic heterocycles. The van der Waals surface area contributed by atoms with E-state index in [2.05, 4.69) is 24.1 Å². The number of carbonyl (C=O) groups excluding carboxylic acids is 1. The lowest BCUT2D eigenvalue weighted by molar-refractivity contribution is 0.0824. The van der Waals surface area contributed by atoms with Crippen LogP contribution < -0.4 is 11.1 Å². The highest BCUT2D eigenvalue weighted by molar-refractivity contribution is 6.34. The summed E-state index contributed by atoms with van der Waals surface area (Å²) in [5.41, 5.74) is 7.53. The molecule has 1 saturated carbocycles. The molecule has 1 aliphatic heterocycles. The van der Waals surface area contributed by atoms with E-state index in [1.165, 1.54) is 4.90 Å². The first kappa shape index (κ1) is 19.0. The molecule has 0 radical (unpaired) electrons. The van der Waals surface area contributed by atoms with Crippen LogP contribution in [0, 0.1) is 17.7 Å². The highest BCUT2D eigenvalue weighted by atomic mass is 35.5. The predicted molar refractivity (Wildman–Crippen MR) is 110 cm³/mol. The lowest BCUT2D eigenvalue weighted by Gasteiger charge is -2.18. The Morgan fingerprint density at radius 2 is 2.11 bits per heavy atom. The molecule has 2 aliphatic rings. The highest BCUT2D eigenvalue weighted by Crippen LogP contribution is 2.63. The summed E-state index contributed by atoms with van der Waals surface area (Å²) >= 11 is 6.82. The Hall–Kier alpha value is -2.34. The quantitative estimate of drug-likeness (QED) is 0.756. The van der Waals surface area contributed by atoms with Crippen molar-refractivity contribution in [1.29, 1.82) is 0 Å². The fourth-order valence-corrected chi connectivity index (χ4v) is 4.96. The molecule has 1 amide bonds. The monoisotopic (exact) mass is 402 g/mol. The van der Waals surface area contributed by atoms with E-state index in [0.717, 1.165) is 24.3 Å². The normalized spacial score (nSPS) is 22.3. The lowest BCUT2D eigenvalue weighted by Crippen LogP contribution is -2.24. The number of anilines is 2. The molecule has 7 heteroatoms. The first-order valence-electron chi connectivity index (χ1n) is 9.42. The van der Waals surface area contributed by atoms with Gasteiger partial charge in [0.1, 0.15) is 11.6 Å². The summed E-state index contributed by atoms with van der Waals surface area (Å²) in [6.45, 7) is 5.22. The third kappa shape index (κ3) is 2.58. The van der Waals surface area contributed by atoms with Gasteiger partial charge < -0.3 is 16.0 Å². The van der Waals surface area contributed by atoms with Crippen molar-refractivity contribution in [1.82, 2.24) is 9.88 Å². The van der Waals surface area contributed by atoms with Crippen LogP contribution in [0.2, 0.25) is 5.02 Å². The van der Waals surface area contributed by atoms with Gasteiger partial charge >= 0.3 is 0 Å². The van der Waals surface area contributed by atoms with E-state index in [4.69, 9.17) is 17.3 Å². The average molecular weight is 403 g/mol. The van der Waals surface area contributed by atoms with Crippen LogP contribution in [-0.4, -0.2) is 36.4 Å². The molecule has 2 aromatic rings. The number of nitrogens with zero attached hydrogens (tertiary/aromatic N) is 2. The van der Waals surface area contributed by atoms with Crippen molar-refractivity contribution in [3.8, 4) is 11.1 Å². The minimum atomic E-state index is -0.668. The van der Waals surface area contributed by atoms with Crippen LogP contribution in [0.4, 0.5) is 15.9 Å². The Morgan fingerprint density at radius 3 is 2.71 bits per heavy atom. The molecule has 5 nitrogen and oxygen atoms in total. The van der Waals surface area contributed by atoms with Crippen LogP contribution in [-0.2, 0) is 5.41 Å². The van der Waals surface area contributed by atoms with Crippen molar-refractivity contribution in [3.05, 3.63) is 40.3 Å². The van der Waals surface area contributed by atoms with E-state index in [1.54, 1.807) is 32.4 Å². The van der Waals surface area contributed by atoms with Crippen LogP contribution >= 0.6 is 11.6 Å². The van der Waals surface area contributed by atoms with Gasteiger partial charge in [0.2, 0.25) is 0 Å². The molecular weight excluding hydrogens is 379 g/mol. The highest BCUT2D eigenvalue weighted by Gasteiger charge is 2.61. The smallest absolute Gasteiger partial charge is 0.258 e. The minimum Gasteiger partial charge on any atom is -0.398 e. The van der Waals surface area contributed by atoms with Gasteiger partial charge in [0.05, 0.1) is 10.6 Å². The molecule has 2 atom stereocenters. The number of carbonyl (C=O) groups is 1. The number of aromatic nitrogens is 1. The number of hydrogen-bond donors (Lipinski definition) is 2. The number of halogens is 2. The van der Waals surface area contributed by atoms with E-state index in [-0.39, 0.29) is 22.2 Å². The molecule has 28 heavy (non-hydrogen) atoms. The van der Waals surface area contributed by atoms with Crippen LogP contribution in [0.25, 0.3) is 11.1 Å². The molecule has 0 unspecified atom stereocenters. The molecular formula is C21H24ClFN4O. The zero-order valence-corrected chi connectivity index (χ0v) is 17.2. The second-order valence-electron chi connectivity index (χ2n) is 8.36. The van der Waals surface area contributed by atoms with E-state index in [1.807, 2.05) is 0 Å². The standard InChI is InChI=1S/C21H24ClFN4O/c1-10(2)13-7-21(13)9-26-19-16(21)17(22)12(8-25-19)11-5-6-14(24)15(18(11)23)20(28)27(3)4/h5-6,8,10,13H,7,9,24H2,1-4H3,(H,25,26)/t13-,21-/m1/s1. The third-order valence-electron chi connectivity index (χ3n) is 6.11. The van der Waals surface area contributed by atoms with Gasteiger partial charge in [-0.05, 0) is 30.4 Å². The zero-order valence-electron chi connectivity index (χ0n) is 16.4. The average Bonchev–Trinajstić information content (AvgIpc) is 3.24. The molecule has 1 spiro atoms. The Kier molecular flexibility index (Phi) is 4.30. The van der Waals surface area contributed by atoms with Gasteiger partial charge in [0, 0.05) is 54.6 Å². The van der Waals surface area contributed by atoms with E-state index >= 15 is 4.39 Å². The molecule has 1 aliphatic carbocycles. The Labute approximate surface area is 169 Å². The van der Waals surface area contributed by atoms with Gasteiger partial charge in [-0.25, -0.2) is 9.37 Å². The maximum Gasteiger partial charge on any atom is 0.258 e. The molecule has 1 aromatic carbocycles. The Bertz CT molecular complexity index is 991. The summed E-state index contributed by atoms with van der Waals surface area (Å²) in [6.07, 6.45) is 2.61. The predicted octanol–water partition coefficient (Wildman–Crippen LogP) is 4.16. The third-order valence-corrected chi connectivity index (χ3v) is 6.50. The second kappa shape index (κ2) is 6.34. The molecule has 0 bridgehead atoms. The molecule has 148 valence electrons. The summed E-state index contributed by atoms with van der Waals surface area (Å²) in [7, 11) is 3.12. The SMILES string of the molecule is CC(C)[C@H]1C[C@@]12CNc1ncc(-c3ccc(N)c(C(=O)N(C)C)c3F)c(Cl)c12. The van der Waals surface area contributed by atoms with Crippen molar-refractivity contribution in [3.63, 3.8) is 0 Å². The zero-order chi connectivity index (χ0) is 20.4. The van der Waals surface area contributed by atoms with E-state index in [9.17, 15) is 4.79 Å². The van der Waals surface area contributed by atoms with Crippen molar-refractivity contribution < 1.29 is 9.18 Å². The van der Waals surface area contributed by atoms with Gasteiger partial charge in [0.25, 0.3) is 5.91 Å². The van der Waals surface area contributed by atoms with Gasteiger partial charge in [-0.2, -0.15) is 0 Å². The van der Waals surface area contributed by atoms with Crippen molar-refractivity contribution in [2.24, 2.45) is 11.8 Å². The summed E-state index contributed by atoms with van der Waals surface area (Å²) in [5.74, 6) is 0.682. The number of pyridine rings is 1. The van der Waals surface area contributed by atoms with Crippen LogP contribution in [0.15, 0.2) is 18.3 Å². The van der Waals surface area contributed by atoms with Gasteiger partial charge in [-0.1, -0.05) is 25.4 Å². The molecule has 3 N–H and O–H groups in total. The Morgan fingerprint density at radius 1 is 1.39 bits per heavy atom. The second-order valence-corrected chi connectivity index (χ2v) is 8.74. The van der Waals surface area contributed by atoms with Gasteiger partial charge in [-0.15, -0.1) is 0 Å². The number of amides is 1. The molecule has 2 heterocycles. The van der Waals surface area contributed by atoms with E-state index < -0.39 is 11.7 Å². The first-order chi connectivity index (χ1) is 13.2. The van der Waals surface area contributed by atoms with Crippen molar-refractivity contribution in [2.75, 3.05) is 31.7 Å². The fourth-order valence-electron chi connectivity index (χ4n) is 4.53. The number of hydrogen-bond acceptors (Lipinski definition) is 4. The minimum absolute atomic E-state index is 0.0316. The molecule has 4 rings (SSSR count). The summed E-state index contributed by atoms with van der Waals surface area (Å²) in [5, 5.41) is 3.86. The van der Waals surface area contributed by atoms with Crippen LogP contribution in [0.3, 0.4) is 0 Å². The maximum absolute atomic E-state index is 15.3. The van der Waals surface area contributed by atoms with Crippen LogP contribution in [0.1, 0.15) is 36.2 Å². The number of nitrogen functional groups attached to an aromatic ring is 1. The van der Waals surface area contributed by atoms with Crippen molar-refractivity contribution >= 4 is 29.0 Å². The van der Waals surface area contributed by atoms with Crippen molar-refractivity contribution in [2.45, 2.75) is 25.7 Å². The number of nitrogens with one attached hydrogen (secondary N) is 1. The summed E-state index contributed by atoms with van der Waals surface area (Å²) < 4.78 is 15.3. The Balaban J connectivity index is 1.86. The largest absolute Gasteiger partial charge is 0.398 e.